The van der Waals surface area contributed by atoms with Crippen LogP contribution in [-0.2, 0) is 4.79 Å². The van der Waals surface area contributed by atoms with Gasteiger partial charge in [0.1, 0.15) is 5.25 Å². The van der Waals surface area contributed by atoms with E-state index in [0.29, 0.717) is 5.92 Å². The quantitative estimate of drug-likeness (QED) is 0.805. The SMILES string of the molecule is CC(C)(C)SC(C(=O)O)C1CCCCC1. The largest absolute Gasteiger partial charge is 0.480 e. The number of carboxylic acid groups (broad SMARTS) is 1. The molecule has 0 aromatic rings. The van der Waals surface area contributed by atoms with Crippen molar-refractivity contribution in [2.45, 2.75) is 62.9 Å². The molecule has 1 atom stereocenters. The second kappa shape index (κ2) is 5.24. The average molecular weight is 230 g/mol. The van der Waals surface area contributed by atoms with Crippen molar-refractivity contribution in [3.63, 3.8) is 0 Å². The molecular weight excluding hydrogens is 208 g/mol. The summed E-state index contributed by atoms with van der Waals surface area (Å²) >= 11 is 1.62. The number of thioether (sulfide) groups is 1. The van der Waals surface area contributed by atoms with Crippen LogP contribution in [0, 0.1) is 5.92 Å². The number of aliphatic carboxylic acids is 1. The van der Waals surface area contributed by atoms with Gasteiger partial charge in [-0.25, -0.2) is 0 Å². The maximum Gasteiger partial charge on any atom is 0.316 e. The summed E-state index contributed by atoms with van der Waals surface area (Å²) in [6.45, 7) is 6.28. The summed E-state index contributed by atoms with van der Waals surface area (Å²) in [5.74, 6) is -0.234. The van der Waals surface area contributed by atoms with E-state index in [-0.39, 0.29) is 10.00 Å². The van der Waals surface area contributed by atoms with Crippen molar-refractivity contribution in [2.24, 2.45) is 5.92 Å². The van der Waals surface area contributed by atoms with Crippen molar-refractivity contribution < 1.29 is 9.90 Å². The second-order valence-corrected chi connectivity index (χ2v) is 7.36. The Morgan fingerprint density at radius 3 is 2.20 bits per heavy atom. The van der Waals surface area contributed by atoms with E-state index in [9.17, 15) is 9.90 Å². The maximum absolute atomic E-state index is 11.3. The van der Waals surface area contributed by atoms with Crippen LogP contribution in [0.4, 0.5) is 0 Å². The molecule has 1 fully saturated rings. The Morgan fingerprint density at radius 2 is 1.80 bits per heavy atom. The van der Waals surface area contributed by atoms with Gasteiger partial charge in [-0.2, -0.15) is 0 Å². The minimum absolute atomic E-state index is 0.0422. The fraction of sp³-hybridized carbons (Fsp3) is 0.917. The molecule has 1 rings (SSSR count). The summed E-state index contributed by atoms with van der Waals surface area (Å²) in [6, 6.07) is 0. The Hall–Kier alpha value is -0.180. The van der Waals surface area contributed by atoms with Gasteiger partial charge in [0.05, 0.1) is 0 Å². The van der Waals surface area contributed by atoms with E-state index in [2.05, 4.69) is 20.8 Å². The van der Waals surface area contributed by atoms with Gasteiger partial charge in [0.2, 0.25) is 0 Å². The zero-order valence-electron chi connectivity index (χ0n) is 9.95. The third-order valence-corrected chi connectivity index (χ3v) is 4.35. The lowest BCUT2D eigenvalue weighted by atomic mass is 9.87. The molecule has 88 valence electrons. The summed E-state index contributed by atoms with van der Waals surface area (Å²) in [4.78, 5) is 11.3. The van der Waals surface area contributed by atoms with Crippen molar-refractivity contribution >= 4 is 17.7 Å². The molecular formula is C12H22O2S. The summed E-state index contributed by atoms with van der Waals surface area (Å²) in [7, 11) is 0. The molecule has 0 aliphatic heterocycles. The van der Waals surface area contributed by atoms with Gasteiger partial charge in [-0.1, -0.05) is 40.0 Å². The highest BCUT2D eigenvalue weighted by atomic mass is 32.2. The summed E-state index contributed by atoms with van der Waals surface area (Å²) < 4.78 is 0.0422. The Balaban J connectivity index is 2.60. The van der Waals surface area contributed by atoms with Crippen LogP contribution in [0.1, 0.15) is 52.9 Å². The molecule has 0 heterocycles. The standard InChI is InChI=1S/C12H22O2S/c1-12(2,3)15-10(11(13)14)9-7-5-4-6-8-9/h9-10H,4-8H2,1-3H3,(H,13,14). The van der Waals surface area contributed by atoms with E-state index >= 15 is 0 Å². The van der Waals surface area contributed by atoms with E-state index in [1.165, 1.54) is 19.3 Å². The first-order valence-corrected chi connectivity index (χ1v) is 6.69. The van der Waals surface area contributed by atoms with Gasteiger partial charge >= 0.3 is 5.97 Å². The van der Waals surface area contributed by atoms with Crippen molar-refractivity contribution in [1.82, 2.24) is 0 Å². The van der Waals surface area contributed by atoms with Gasteiger partial charge in [0.15, 0.2) is 0 Å². The van der Waals surface area contributed by atoms with Gasteiger partial charge in [0.25, 0.3) is 0 Å². The van der Waals surface area contributed by atoms with Crippen LogP contribution in [0.5, 0.6) is 0 Å². The zero-order chi connectivity index (χ0) is 11.5. The molecule has 1 N–H and O–H groups in total. The molecule has 1 unspecified atom stereocenters. The lowest BCUT2D eigenvalue weighted by Crippen LogP contribution is -2.32. The average Bonchev–Trinajstić information content (AvgIpc) is 2.14. The smallest absolute Gasteiger partial charge is 0.316 e. The first-order chi connectivity index (χ1) is 6.90. The lowest BCUT2D eigenvalue weighted by molar-refractivity contribution is -0.137. The summed E-state index contributed by atoms with van der Waals surface area (Å²) in [5, 5.41) is 9.06. The molecule has 0 aromatic heterocycles. The summed E-state index contributed by atoms with van der Waals surface area (Å²) in [6.07, 6.45) is 5.89. The third kappa shape index (κ3) is 4.45. The van der Waals surface area contributed by atoms with E-state index in [4.69, 9.17) is 0 Å². The molecule has 1 aliphatic carbocycles. The minimum Gasteiger partial charge on any atom is -0.480 e. The highest BCUT2D eigenvalue weighted by molar-refractivity contribution is 8.01. The number of rotatable bonds is 3. The zero-order valence-corrected chi connectivity index (χ0v) is 10.8. The maximum atomic E-state index is 11.3. The molecule has 1 saturated carbocycles. The van der Waals surface area contributed by atoms with Crippen LogP contribution in [0.25, 0.3) is 0 Å². The third-order valence-electron chi connectivity index (χ3n) is 2.80. The number of hydrogen-bond donors (Lipinski definition) is 1. The highest BCUT2D eigenvalue weighted by Gasteiger charge is 2.33. The number of hydrogen-bond acceptors (Lipinski definition) is 2. The Morgan fingerprint density at radius 1 is 1.27 bits per heavy atom. The van der Waals surface area contributed by atoms with E-state index < -0.39 is 5.97 Å². The number of carbonyl (C=O) groups is 1. The molecule has 0 spiro atoms. The van der Waals surface area contributed by atoms with Gasteiger partial charge < -0.3 is 5.11 Å². The summed E-state index contributed by atoms with van der Waals surface area (Å²) in [5.41, 5.74) is 0. The van der Waals surface area contributed by atoms with Gasteiger partial charge in [-0.3, -0.25) is 4.79 Å². The van der Waals surface area contributed by atoms with Crippen molar-refractivity contribution in [3.8, 4) is 0 Å². The fourth-order valence-corrected chi connectivity index (χ4v) is 3.49. The first kappa shape index (κ1) is 12.9. The van der Waals surface area contributed by atoms with Gasteiger partial charge in [-0.15, -0.1) is 11.8 Å². The molecule has 0 amide bonds. The van der Waals surface area contributed by atoms with Crippen LogP contribution in [0.3, 0.4) is 0 Å². The van der Waals surface area contributed by atoms with Gasteiger partial charge in [0, 0.05) is 4.75 Å². The Labute approximate surface area is 96.8 Å². The molecule has 1 aliphatic rings. The molecule has 15 heavy (non-hydrogen) atoms. The molecule has 0 aromatic carbocycles. The van der Waals surface area contributed by atoms with E-state index in [1.54, 1.807) is 11.8 Å². The monoisotopic (exact) mass is 230 g/mol. The minimum atomic E-state index is -0.623. The van der Waals surface area contributed by atoms with Crippen LogP contribution in [0.15, 0.2) is 0 Å². The highest BCUT2D eigenvalue weighted by Crippen LogP contribution is 2.38. The molecule has 3 heteroatoms. The molecule has 2 nitrogen and oxygen atoms in total. The predicted molar refractivity (Wildman–Crippen MR) is 65.3 cm³/mol. The van der Waals surface area contributed by atoms with Gasteiger partial charge in [-0.05, 0) is 18.8 Å². The first-order valence-electron chi connectivity index (χ1n) is 5.81. The van der Waals surface area contributed by atoms with Crippen molar-refractivity contribution in [2.75, 3.05) is 0 Å². The molecule has 0 bridgehead atoms. The molecule has 0 saturated heterocycles. The van der Waals surface area contributed by atoms with Crippen LogP contribution >= 0.6 is 11.8 Å². The van der Waals surface area contributed by atoms with E-state index in [1.807, 2.05) is 0 Å². The second-order valence-electron chi connectivity index (χ2n) is 5.39. The predicted octanol–water partition coefficient (Wildman–Crippen LogP) is 3.55. The van der Waals surface area contributed by atoms with Crippen LogP contribution in [-0.4, -0.2) is 21.1 Å². The van der Waals surface area contributed by atoms with Crippen LogP contribution < -0.4 is 0 Å². The van der Waals surface area contributed by atoms with E-state index in [0.717, 1.165) is 12.8 Å². The van der Waals surface area contributed by atoms with Crippen molar-refractivity contribution in [1.29, 1.82) is 0 Å². The lowest BCUT2D eigenvalue weighted by Gasteiger charge is -2.31. The molecule has 0 radical (unpaired) electrons. The fourth-order valence-electron chi connectivity index (χ4n) is 2.17. The Kier molecular flexibility index (Phi) is 4.50. The Bertz CT molecular complexity index is 214. The normalized spacial score (nSPS) is 21.3. The topological polar surface area (TPSA) is 37.3 Å². The van der Waals surface area contributed by atoms with Crippen LogP contribution in [0.2, 0.25) is 0 Å². The van der Waals surface area contributed by atoms with Crippen molar-refractivity contribution in [3.05, 3.63) is 0 Å². The number of carboxylic acids is 1.